The number of H-pyrrole nitrogens is 1. The van der Waals surface area contributed by atoms with Crippen LogP contribution >= 0.6 is 15.9 Å². The van der Waals surface area contributed by atoms with E-state index >= 15 is 0 Å². The van der Waals surface area contributed by atoms with E-state index in [0.29, 0.717) is 5.39 Å². The molecule has 0 spiro atoms. The number of halogens is 1. The van der Waals surface area contributed by atoms with Crippen molar-refractivity contribution in [1.82, 2.24) is 9.55 Å². The van der Waals surface area contributed by atoms with Gasteiger partial charge in [0.2, 0.25) is 5.88 Å². The van der Waals surface area contributed by atoms with E-state index in [1.54, 1.807) is 0 Å². The van der Waals surface area contributed by atoms with Crippen LogP contribution in [0.3, 0.4) is 0 Å². The van der Waals surface area contributed by atoms with Gasteiger partial charge in [-0.2, -0.15) is 0 Å². The van der Waals surface area contributed by atoms with Crippen LogP contribution in [-0.4, -0.2) is 20.6 Å². The zero-order chi connectivity index (χ0) is 18.3. The number of rotatable bonds is 3. The molecular weight excluding hydrogens is 396 g/mol. The van der Waals surface area contributed by atoms with Crippen LogP contribution in [-0.2, 0) is 11.3 Å². The number of nitrogens with one attached hydrogen (secondary N) is 1. The van der Waals surface area contributed by atoms with Gasteiger partial charge in [0.15, 0.2) is 5.69 Å². The van der Waals surface area contributed by atoms with Crippen molar-refractivity contribution in [3.63, 3.8) is 0 Å². The number of aromatic amines is 1. The van der Waals surface area contributed by atoms with Crippen molar-refractivity contribution in [2.75, 3.05) is 0 Å². The lowest BCUT2D eigenvalue weighted by Crippen LogP contribution is -2.05. The SMILES string of the molecule is Cc1cc2c(N=NC(=O)Cn3ccc4ccccc43)c(O)[nH]c2cc1Br. The summed E-state index contributed by atoms with van der Waals surface area (Å²) in [5.41, 5.74) is 2.95. The summed E-state index contributed by atoms with van der Waals surface area (Å²) in [4.78, 5) is 15.1. The summed E-state index contributed by atoms with van der Waals surface area (Å²) in [7, 11) is 0. The second kappa shape index (κ2) is 6.42. The predicted molar refractivity (Wildman–Crippen MR) is 104 cm³/mol. The first kappa shape index (κ1) is 16.5. The maximum Gasteiger partial charge on any atom is 0.284 e. The zero-order valence-electron chi connectivity index (χ0n) is 13.9. The van der Waals surface area contributed by atoms with Gasteiger partial charge in [-0.05, 0) is 42.1 Å². The molecule has 2 aromatic carbocycles. The van der Waals surface area contributed by atoms with E-state index in [9.17, 15) is 9.90 Å². The Kier molecular flexibility index (Phi) is 4.08. The van der Waals surface area contributed by atoms with Crippen LogP contribution in [0.2, 0.25) is 0 Å². The summed E-state index contributed by atoms with van der Waals surface area (Å²) in [6, 6.07) is 13.5. The monoisotopic (exact) mass is 410 g/mol. The molecule has 0 atom stereocenters. The van der Waals surface area contributed by atoms with Crippen molar-refractivity contribution in [3.05, 3.63) is 58.7 Å². The first-order chi connectivity index (χ1) is 12.5. The van der Waals surface area contributed by atoms with E-state index in [2.05, 4.69) is 31.1 Å². The van der Waals surface area contributed by atoms with Gasteiger partial charge in [0.05, 0.1) is 5.52 Å². The average molecular weight is 411 g/mol. The molecular formula is C19H15BrN4O2. The molecule has 0 aliphatic rings. The van der Waals surface area contributed by atoms with E-state index in [0.717, 1.165) is 26.5 Å². The molecule has 130 valence electrons. The third kappa shape index (κ3) is 2.90. The number of aromatic hydroxyl groups is 1. The number of aryl methyl sites for hydroxylation is 1. The molecule has 0 radical (unpaired) electrons. The molecule has 0 aliphatic heterocycles. The Morgan fingerprint density at radius 2 is 2.08 bits per heavy atom. The van der Waals surface area contributed by atoms with Crippen molar-refractivity contribution in [3.8, 4) is 5.88 Å². The normalized spacial score (nSPS) is 11.8. The van der Waals surface area contributed by atoms with E-state index in [4.69, 9.17) is 0 Å². The highest BCUT2D eigenvalue weighted by Crippen LogP contribution is 2.37. The van der Waals surface area contributed by atoms with Crippen LogP contribution < -0.4 is 0 Å². The van der Waals surface area contributed by atoms with Gasteiger partial charge in [-0.15, -0.1) is 10.2 Å². The fraction of sp³-hybridized carbons (Fsp3) is 0.105. The van der Waals surface area contributed by atoms with Crippen LogP contribution in [0.25, 0.3) is 21.8 Å². The van der Waals surface area contributed by atoms with Crippen molar-refractivity contribution < 1.29 is 9.90 Å². The lowest BCUT2D eigenvalue weighted by atomic mass is 10.1. The van der Waals surface area contributed by atoms with E-state index in [1.807, 2.05) is 60.2 Å². The maximum atomic E-state index is 12.2. The Balaban J connectivity index is 1.62. The average Bonchev–Trinajstić information content (AvgIpc) is 3.15. The van der Waals surface area contributed by atoms with E-state index < -0.39 is 5.91 Å². The van der Waals surface area contributed by atoms with Crippen LogP contribution in [0, 0.1) is 6.92 Å². The Hall–Kier alpha value is -2.93. The molecule has 4 aromatic rings. The fourth-order valence-corrected chi connectivity index (χ4v) is 3.30. The molecule has 0 bridgehead atoms. The molecule has 2 N–H and O–H groups in total. The predicted octanol–water partition coefficient (Wildman–Crippen LogP) is 5.21. The van der Waals surface area contributed by atoms with Crippen LogP contribution in [0.4, 0.5) is 5.69 Å². The van der Waals surface area contributed by atoms with Gasteiger partial charge in [-0.3, -0.25) is 4.79 Å². The largest absolute Gasteiger partial charge is 0.493 e. The number of para-hydroxylation sites is 1. The maximum absolute atomic E-state index is 12.2. The topological polar surface area (TPSA) is 82.7 Å². The van der Waals surface area contributed by atoms with Gasteiger partial charge in [0, 0.05) is 21.6 Å². The Bertz CT molecular complexity index is 1170. The minimum absolute atomic E-state index is 0.0880. The number of azo groups is 1. The van der Waals surface area contributed by atoms with Gasteiger partial charge in [-0.25, -0.2) is 0 Å². The molecule has 2 aromatic heterocycles. The molecule has 0 saturated carbocycles. The summed E-state index contributed by atoms with van der Waals surface area (Å²) in [5, 5.41) is 19.6. The summed E-state index contributed by atoms with van der Waals surface area (Å²) >= 11 is 3.45. The molecule has 2 heterocycles. The number of carbonyl (C=O) groups is 1. The number of hydrogen-bond donors (Lipinski definition) is 2. The highest BCUT2D eigenvalue weighted by atomic mass is 79.9. The third-order valence-electron chi connectivity index (χ3n) is 4.28. The van der Waals surface area contributed by atoms with Gasteiger partial charge in [0.25, 0.3) is 5.91 Å². The Morgan fingerprint density at radius 3 is 2.92 bits per heavy atom. The Morgan fingerprint density at radius 1 is 1.27 bits per heavy atom. The first-order valence-corrected chi connectivity index (χ1v) is 8.81. The smallest absolute Gasteiger partial charge is 0.284 e. The van der Waals surface area contributed by atoms with Gasteiger partial charge in [0.1, 0.15) is 6.54 Å². The molecule has 7 heteroatoms. The van der Waals surface area contributed by atoms with Crippen LogP contribution in [0.15, 0.2) is 63.4 Å². The van der Waals surface area contributed by atoms with Gasteiger partial charge < -0.3 is 14.7 Å². The van der Waals surface area contributed by atoms with Crippen molar-refractivity contribution >= 4 is 49.3 Å². The number of aromatic nitrogens is 2. The summed E-state index contributed by atoms with van der Waals surface area (Å²) in [5.74, 6) is -0.505. The van der Waals surface area contributed by atoms with E-state index in [-0.39, 0.29) is 18.1 Å². The van der Waals surface area contributed by atoms with Crippen molar-refractivity contribution in [2.24, 2.45) is 10.2 Å². The summed E-state index contributed by atoms with van der Waals surface area (Å²) in [6.07, 6.45) is 1.85. The molecule has 4 rings (SSSR count). The second-order valence-electron chi connectivity index (χ2n) is 6.07. The van der Waals surface area contributed by atoms with Crippen LogP contribution in [0.1, 0.15) is 5.56 Å². The first-order valence-electron chi connectivity index (χ1n) is 8.02. The van der Waals surface area contributed by atoms with Crippen LogP contribution in [0.5, 0.6) is 5.88 Å². The number of benzene rings is 2. The molecule has 1 amide bonds. The number of hydrogen-bond acceptors (Lipinski definition) is 3. The van der Waals surface area contributed by atoms with Gasteiger partial charge in [-0.1, -0.05) is 34.1 Å². The third-order valence-corrected chi connectivity index (χ3v) is 5.13. The standard InChI is InChI=1S/C19H15BrN4O2/c1-11-8-13-15(9-14(11)20)21-19(26)18(13)23-22-17(25)10-24-7-6-12-4-2-3-5-16(12)24/h2-9,21,26H,10H2,1H3. The molecule has 0 unspecified atom stereocenters. The quantitative estimate of drug-likeness (QED) is 0.454. The number of amides is 1. The van der Waals surface area contributed by atoms with E-state index in [1.165, 1.54) is 0 Å². The minimum atomic E-state index is -0.395. The van der Waals surface area contributed by atoms with Crippen molar-refractivity contribution in [2.45, 2.75) is 13.5 Å². The molecule has 0 fully saturated rings. The molecule has 26 heavy (non-hydrogen) atoms. The number of nitrogens with zero attached hydrogens (tertiary/aromatic N) is 3. The fourth-order valence-electron chi connectivity index (χ4n) is 2.96. The highest BCUT2D eigenvalue weighted by Gasteiger charge is 2.13. The van der Waals surface area contributed by atoms with Crippen molar-refractivity contribution in [1.29, 1.82) is 0 Å². The van der Waals surface area contributed by atoms with Gasteiger partial charge >= 0.3 is 0 Å². The summed E-state index contributed by atoms with van der Waals surface area (Å²) < 4.78 is 2.75. The lowest BCUT2D eigenvalue weighted by molar-refractivity contribution is -0.118. The Labute approximate surface area is 157 Å². The number of fused-ring (bicyclic) bond motifs is 2. The molecule has 0 aliphatic carbocycles. The lowest BCUT2D eigenvalue weighted by Gasteiger charge is -2.01. The summed E-state index contributed by atoms with van der Waals surface area (Å²) in [6.45, 7) is 2.03. The molecule has 0 saturated heterocycles. The minimum Gasteiger partial charge on any atom is -0.493 e. The second-order valence-corrected chi connectivity index (χ2v) is 6.92. The zero-order valence-corrected chi connectivity index (χ0v) is 15.5. The highest BCUT2D eigenvalue weighted by molar-refractivity contribution is 9.10. The molecule has 6 nitrogen and oxygen atoms in total. The number of carbonyl (C=O) groups excluding carboxylic acids is 1.